The van der Waals surface area contributed by atoms with Gasteiger partial charge >= 0.3 is 6.03 Å². The van der Waals surface area contributed by atoms with Crippen molar-refractivity contribution < 1.29 is 4.79 Å². The zero-order valence-electron chi connectivity index (χ0n) is 12.0. The molecule has 1 rings (SSSR count). The van der Waals surface area contributed by atoms with E-state index in [1.807, 2.05) is 31.2 Å². The molecule has 4 heteroatoms. The van der Waals surface area contributed by atoms with Crippen molar-refractivity contribution in [2.24, 2.45) is 5.73 Å². The number of nitrogens with two attached hydrogens (primary N) is 1. The van der Waals surface area contributed by atoms with E-state index in [4.69, 9.17) is 5.73 Å². The Morgan fingerprint density at radius 2 is 2.05 bits per heavy atom. The molecule has 0 fully saturated rings. The molecule has 106 valence electrons. The largest absolute Gasteiger partial charge is 0.338 e. The summed E-state index contributed by atoms with van der Waals surface area (Å²) >= 11 is 0. The fourth-order valence-corrected chi connectivity index (χ4v) is 1.91. The van der Waals surface area contributed by atoms with Gasteiger partial charge in [0.25, 0.3) is 0 Å². The van der Waals surface area contributed by atoms with Crippen LogP contribution in [0, 0.1) is 6.92 Å². The van der Waals surface area contributed by atoms with E-state index in [0.717, 1.165) is 37.1 Å². The smallest absolute Gasteiger partial charge is 0.321 e. The minimum absolute atomic E-state index is 0.0313. The second-order valence-electron chi connectivity index (χ2n) is 4.67. The van der Waals surface area contributed by atoms with Crippen molar-refractivity contribution in [3.63, 3.8) is 0 Å². The third-order valence-electron chi connectivity index (χ3n) is 3.04. The molecule has 0 atom stereocenters. The number of anilines is 1. The lowest BCUT2D eigenvalue weighted by molar-refractivity contribution is 0.246. The number of aryl methyl sites for hydroxylation is 1. The quantitative estimate of drug-likeness (QED) is 0.743. The molecule has 0 heterocycles. The molecule has 0 aliphatic rings. The summed E-state index contributed by atoms with van der Waals surface area (Å²) in [5.41, 5.74) is 7.62. The van der Waals surface area contributed by atoms with Crippen LogP contribution in [0.3, 0.4) is 0 Å². The standard InChI is InChI=1S/C15H25N3O/c1-3-4-11-17-15(19)18(12-7-10-16)14-9-6-5-8-13(14)2/h5-6,8-9H,3-4,7,10-12,16H2,1-2H3,(H,17,19). The molecule has 0 aromatic heterocycles. The topological polar surface area (TPSA) is 58.4 Å². The molecule has 0 saturated carbocycles. The number of benzene rings is 1. The number of unbranched alkanes of at least 4 members (excludes halogenated alkanes) is 1. The molecule has 0 bridgehead atoms. The van der Waals surface area contributed by atoms with Gasteiger partial charge in [-0.15, -0.1) is 0 Å². The first-order valence-electron chi connectivity index (χ1n) is 7.01. The zero-order valence-corrected chi connectivity index (χ0v) is 12.0. The molecule has 1 aromatic rings. The predicted molar refractivity (Wildman–Crippen MR) is 80.5 cm³/mol. The van der Waals surface area contributed by atoms with Crippen LogP contribution in [0.25, 0.3) is 0 Å². The highest BCUT2D eigenvalue weighted by Gasteiger charge is 2.15. The van der Waals surface area contributed by atoms with Crippen molar-refractivity contribution in [3.8, 4) is 0 Å². The van der Waals surface area contributed by atoms with Gasteiger partial charge < -0.3 is 11.1 Å². The average Bonchev–Trinajstić information content (AvgIpc) is 2.41. The van der Waals surface area contributed by atoms with Gasteiger partial charge in [0.2, 0.25) is 0 Å². The minimum Gasteiger partial charge on any atom is -0.338 e. The van der Waals surface area contributed by atoms with Crippen LogP contribution in [0.1, 0.15) is 31.7 Å². The van der Waals surface area contributed by atoms with Crippen LogP contribution in [-0.4, -0.2) is 25.7 Å². The molecule has 0 spiro atoms. The Morgan fingerprint density at radius 3 is 2.68 bits per heavy atom. The summed E-state index contributed by atoms with van der Waals surface area (Å²) in [6.45, 7) is 6.09. The summed E-state index contributed by atoms with van der Waals surface area (Å²) in [4.78, 5) is 14.0. The number of carbonyl (C=O) groups excluding carboxylic acids is 1. The first-order valence-corrected chi connectivity index (χ1v) is 7.01. The number of carbonyl (C=O) groups is 1. The maximum Gasteiger partial charge on any atom is 0.321 e. The summed E-state index contributed by atoms with van der Waals surface area (Å²) in [6.07, 6.45) is 2.88. The van der Waals surface area contributed by atoms with E-state index in [9.17, 15) is 4.79 Å². The monoisotopic (exact) mass is 263 g/mol. The molecule has 1 aromatic carbocycles. The van der Waals surface area contributed by atoms with Crippen molar-refractivity contribution in [2.45, 2.75) is 33.1 Å². The Balaban J connectivity index is 2.76. The third-order valence-corrected chi connectivity index (χ3v) is 3.04. The van der Waals surface area contributed by atoms with Crippen LogP contribution in [0.5, 0.6) is 0 Å². The second kappa shape index (κ2) is 8.53. The molecule has 2 amide bonds. The van der Waals surface area contributed by atoms with Crippen LogP contribution in [0.4, 0.5) is 10.5 Å². The number of hydrogen-bond acceptors (Lipinski definition) is 2. The number of nitrogens with one attached hydrogen (secondary N) is 1. The van der Waals surface area contributed by atoms with Crippen LogP contribution in [-0.2, 0) is 0 Å². The summed E-state index contributed by atoms with van der Waals surface area (Å²) in [5.74, 6) is 0. The molecule has 0 aliphatic carbocycles. The lowest BCUT2D eigenvalue weighted by Crippen LogP contribution is -2.41. The van der Waals surface area contributed by atoms with E-state index in [-0.39, 0.29) is 6.03 Å². The van der Waals surface area contributed by atoms with E-state index < -0.39 is 0 Å². The second-order valence-corrected chi connectivity index (χ2v) is 4.67. The molecule has 0 radical (unpaired) electrons. The van der Waals surface area contributed by atoms with E-state index in [1.165, 1.54) is 0 Å². The fraction of sp³-hybridized carbons (Fsp3) is 0.533. The molecule has 4 nitrogen and oxygen atoms in total. The first-order chi connectivity index (χ1) is 9.20. The van der Waals surface area contributed by atoms with Crippen LogP contribution >= 0.6 is 0 Å². The number of amides is 2. The van der Waals surface area contributed by atoms with Crippen molar-refractivity contribution in [1.29, 1.82) is 0 Å². The molecule has 0 saturated heterocycles. The SMILES string of the molecule is CCCCNC(=O)N(CCCN)c1ccccc1C. The van der Waals surface area contributed by atoms with Gasteiger partial charge in [0.1, 0.15) is 0 Å². The Bertz CT molecular complexity index is 393. The highest BCUT2D eigenvalue weighted by molar-refractivity contribution is 5.92. The molecule has 19 heavy (non-hydrogen) atoms. The Morgan fingerprint density at radius 1 is 1.32 bits per heavy atom. The van der Waals surface area contributed by atoms with E-state index in [0.29, 0.717) is 13.1 Å². The summed E-state index contributed by atoms with van der Waals surface area (Å²) in [7, 11) is 0. The summed E-state index contributed by atoms with van der Waals surface area (Å²) in [5, 5.41) is 2.96. The number of hydrogen-bond donors (Lipinski definition) is 2. The minimum atomic E-state index is -0.0313. The number of rotatable bonds is 7. The van der Waals surface area contributed by atoms with Gasteiger partial charge in [-0.25, -0.2) is 4.79 Å². The van der Waals surface area contributed by atoms with Gasteiger partial charge in [-0.1, -0.05) is 31.5 Å². The van der Waals surface area contributed by atoms with Crippen molar-refractivity contribution >= 4 is 11.7 Å². The molecule has 0 unspecified atom stereocenters. The van der Waals surface area contributed by atoms with Crippen LogP contribution < -0.4 is 16.0 Å². The molecule has 0 aliphatic heterocycles. The van der Waals surface area contributed by atoms with Gasteiger partial charge in [-0.2, -0.15) is 0 Å². The lowest BCUT2D eigenvalue weighted by Gasteiger charge is -2.24. The van der Waals surface area contributed by atoms with E-state index >= 15 is 0 Å². The first kappa shape index (κ1) is 15.5. The fourth-order valence-electron chi connectivity index (χ4n) is 1.91. The number of nitrogens with zero attached hydrogens (tertiary/aromatic N) is 1. The van der Waals surface area contributed by atoms with Crippen LogP contribution in [0.15, 0.2) is 24.3 Å². The van der Waals surface area contributed by atoms with Gasteiger partial charge in [0, 0.05) is 18.8 Å². The van der Waals surface area contributed by atoms with E-state index in [2.05, 4.69) is 12.2 Å². The summed E-state index contributed by atoms with van der Waals surface area (Å²) in [6, 6.07) is 7.90. The molecule has 3 N–H and O–H groups in total. The maximum absolute atomic E-state index is 12.3. The Hall–Kier alpha value is -1.55. The number of urea groups is 1. The average molecular weight is 263 g/mol. The Labute approximate surface area is 116 Å². The molecular formula is C15H25N3O. The lowest BCUT2D eigenvalue weighted by atomic mass is 10.2. The van der Waals surface area contributed by atoms with Gasteiger partial charge in [-0.05, 0) is 37.9 Å². The van der Waals surface area contributed by atoms with Crippen molar-refractivity contribution in [2.75, 3.05) is 24.5 Å². The highest BCUT2D eigenvalue weighted by Crippen LogP contribution is 2.19. The number of para-hydroxylation sites is 1. The highest BCUT2D eigenvalue weighted by atomic mass is 16.2. The normalized spacial score (nSPS) is 10.3. The summed E-state index contributed by atoms with van der Waals surface area (Å²) < 4.78 is 0. The van der Waals surface area contributed by atoms with Crippen LogP contribution in [0.2, 0.25) is 0 Å². The van der Waals surface area contributed by atoms with Gasteiger partial charge in [0.15, 0.2) is 0 Å². The predicted octanol–water partition coefficient (Wildman–Crippen LogP) is 2.66. The van der Waals surface area contributed by atoms with Crippen molar-refractivity contribution in [1.82, 2.24) is 5.32 Å². The van der Waals surface area contributed by atoms with Crippen molar-refractivity contribution in [3.05, 3.63) is 29.8 Å². The maximum atomic E-state index is 12.3. The third kappa shape index (κ3) is 4.91. The van der Waals surface area contributed by atoms with Gasteiger partial charge in [-0.3, -0.25) is 4.90 Å². The van der Waals surface area contributed by atoms with E-state index in [1.54, 1.807) is 4.90 Å². The molecular weight excluding hydrogens is 238 g/mol. The van der Waals surface area contributed by atoms with Gasteiger partial charge in [0.05, 0.1) is 0 Å². The zero-order chi connectivity index (χ0) is 14.1. The Kier molecular flexibility index (Phi) is 6.97.